The van der Waals surface area contributed by atoms with Gasteiger partial charge in [0.2, 0.25) is 0 Å². The lowest BCUT2D eigenvalue weighted by atomic mass is 10.2. The maximum Gasteiger partial charge on any atom is 0.0798 e. The smallest absolute Gasteiger partial charge is 0.0798 e. The first-order chi connectivity index (χ1) is 7.19. The number of nitrogens with two attached hydrogens (primary N) is 1. The van der Waals surface area contributed by atoms with Crippen LogP contribution in [0.2, 0.25) is 0 Å². The van der Waals surface area contributed by atoms with Crippen molar-refractivity contribution in [2.24, 2.45) is 5.73 Å². The standard InChI is InChI=1S/C10H19N3OS/c1-8-10(15-7-12-8)5-13(2)9(4-11)6-14-3/h7,9H,4-6,11H2,1-3H3. The van der Waals surface area contributed by atoms with Gasteiger partial charge in [0.25, 0.3) is 0 Å². The number of methoxy groups -OCH3 is 1. The van der Waals surface area contributed by atoms with E-state index >= 15 is 0 Å². The normalized spacial score (nSPS) is 13.4. The van der Waals surface area contributed by atoms with Crippen molar-refractivity contribution in [1.82, 2.24) is 9.88 Å². The Bertz CT molecular complexity index is 290. The third-order valence-corrected chi connectivity index (χ3v) is 3.41. The Morgan fingerprint density at radius 1 is 1.67 bits per heavy atom. The summed E-state index contributed by atoms with van der Waals surface area (Å²) in [5.74, 6) is 0. The molecule has 0 radical (unpaired) electrons. The SMILES string of the molecule is COCC(CN)N(C)Cc1scnc1C. The molecule has 1 atom stereocenters. The van der Waals surface area contributed by atoms with Gasteiger partial charge in [-0.05, 0) is 14.0 Å². The Hall–Kier alpha value is -0.490. The van der Waals surface area contributed by atoms with E-state index in [2.05, 4.69) is 16.9 Å². The summed E-state index contributed by atoms with van der Waals surface area (Å²) in [6.45, 7) is 4.21. The van der Waals surface area contributed by atoms with E-state index in [1.807, 2.05) is 12.4 Å². The second-order valence-electron chi connectivity index (χ2n) is 3.62. The maximum absolute atomic E-state index is 5.69. The summed E-state index contributed by atoms with van der Waals surface area (Å²) in [5, 5.41) is 0. The minimum Gasteiger partial charge on any atom is -0.383 e. The molecular weight excluding hydrogens is 210 g/mol. The molecule has 15 heavy (non-hydrogen) atoms. The summed E-state index contributed by atoms with van der Waals surface area (Å²) >= 11 is 1.69. The molecule has 0 aliphatic heterocycles. The number of hydrogen-bond acceptors (Lipinski definition) is 5. The van der Waals surface area contributed by atoms with E-state index in [0.717, 1.165) is 12.2 Å². The first kappa shape index (κ1) is 12.6. The molecule has 5 heteroatoms. The summed E-state index contributed by atoms with van der Waals surface area (Å²) in [7, 11) is 3.77. The maximum atomic E-state index is 5.69. The van der Waals surface area contributed by atoms with Crippen molar-refractivity contribution in [2.45, 2.75) is 19.5 Å². The van der Waals surface area contributed by atoms with E-state index in [1.165, 1.54) is 4.88 Å². The summed E-state index contributed by atoms with van der Waals surface area (Å²) in [6, 6.07) is 0.275. The van der Waals surface area contributed by atoms with E-state index in [0.29, 0.717) is 13.2 Å². The molecule has 0 aromatic carbocycles. The van der Waals surface area contributed by atoms with Gasteiger partial charge >= 0.3 is 0 Å². The van der Waals surface area contributed by atoms with Crippen LogP contribution in [0.15, 0.2) is 5.51 Å². The Kier molecular flexibility index (Phi) is 5.17. The highest BCUT2D eigenvalue weighted by molar-refractivity contribution is 7.09. The number of aryl methyl sites for hydroxylation is 1. The minimum absolute atomic E-state index is 0.275. The molecule has 1 heterocycles. The third kappa shape index (κ3) is 3.53. The first-order valence-electron chi connectivity index (χ1n) is 4.97. The zero-order chi connectivity index (χ0) is 11.3. The Morgan fingerprint density at radius 2 is 2.40 bits per heavy atom. The third-order valence-electron chi connectivity index (χ3n) is 2.49. The van der Waals surface area contributed by atoms with Gasteiger partial charge < -0.3 is 10.5 Å². The highest BCUT2D eigenvalue weighted by Crippen LogP contribution is 2.15. The molecule has 0 bridgehead atoms. The van der Waals surface area contributed by atoms with Crippen molar-refractivity contribution >= 4 is 11.3 Å². The van der Waals surface area contributed by atoms with E-state index in [4.69, 9.17) is 10.5 Å². The van der Waals surface area contributed by atoms with Crippen molar-refractivity contribution < 1.29 is 4.74 Å². The molecule has 0 fully saturated rings. The van der Waals surface area contributed by atoms with Gasteiger partial charge in [-0.3, -0.25) is 4.90 Å². The zero-order valence-electron chi connectivity index (χ0n) is 9.56. The van der Waals surface area contributed by atoms with Gasteiger partial charge in [-0.25, -0.2) is 4.98 Å². The zero-order valence-corrected chi connectivity index (χ0v) is 10.4. The van der Waals surface area contributed by atoms with Crippen LogP contribution in [0.1, 0.15) is 10.6 Å². The van der Waals surface area contributed by atoms with Crippen LogP contribution in [-0.2, 0) is 11.3 Å². The minimum atomic E-state index is 0.275. The van der Waals surface area contributed by atoms with Gasteiger partial charge in [-0.2, -0.15) is 0 Å². The van der Waals surface area contributed by atoms with Crippen LogP contribution < -0.4 is 5.73 Å². The van der Waals surface area contributed by atoms with Crippen molar-refractivity contribution in [3.63, 3.8) is 0 Å². The van der Waals surface area contributed by atoms with Crippen LogP contribution in [-0.4, -0.2) is 43.2 Å². The topological polar surface area (TPSA) is 51.4 Å². The van der Waals surface area contributed by atoms with Gasteiger partial charge in [-0.1, -0.05) is 0 Å². The molecule has 0 aliphatic rings. The quantitative estimate of drug-likeness (QED) is 0.786. The number of likely N-dealkylation sites (N-methyl/N-ethyl adjacent to an activating group) is 1. The molecule has 86 valence electrons. The number of rotatable bonds is 6. The molecule has 0 saturated carbocycles. The molecular formula is C10H19N3OS. The molecule has 4 nitrogen and oxygen atoms in total. The average Bonchev–Trinajstić information content (AvgIpc) is 2.60. The van der Waals surface area contributed by atoms with Gasteiger partial charge in [-0.15, -0.1) is 11.3 Å². The fourth-order valence-corrected chi connectivity index (χ4v) is 2.24. The lowest BCUT2D eigenvalue weighted by molar-refractivity contribution is 0.107. The number of hydrogen-bond donors (Lipinski definition) is 1. The molecule has 0 amide bonds. The number of aromatic nitrogens is 1. The molecule has 0 aliphatic carbocycles. The van der Waals surface area contributed by atoms with E-state index in [1.54, 1.807) is 18.4 Å². The number of ether oxygens (including phenoxy) is 1. The van der Waals surface area contributed by atoms with Crippen molar-refractivity contribution in [1.29, 1.82) is 0 Å². The number of nitrogens with zero attached hydrogens (tertiary/aromatic N) is 2. The molecule has 1 rings (SSSR count). The number of thiazole rings is 1. The predicted molar refractivity (Wildman–Crippen MR) is 63.0 cm³/mol. The second kappa shape index (κ2) is 6.17. The molecule has 1 aromatic rings. The molecule has 0 spiro atoms. The molecule has 1 unspecified atom stereocenters. The van der Waals surface area contributed by atoms with Gasteiger partial charge in [0.05, 0.1) is 17.8 Å². The van der Waals surface area contributed by atoms with Crippen LogP contribution in [0, 0.1) is 6.92 Å². The van der Waals surface area contributed by atoms with Crippen LogP contribution in [0.3, 0.4) is 0 Å². The van der Waals surface area contributed by atoms with E-state index in [9.17, 15) is 0 Å². The molecule has 1 aromatic heterocycles. The summed E-state index contributed by atoms with van der Waals surface area (Å²) < 4.78 is 5.13. The summed E-state index contributed by atoms with van der Waals surface area (Å²) in [6.07, 6.45) is 0. The van der Waals surface area contributed by atoms with Gasteiger partial charge in [0.15, 0.2) is 0 Å². The highest BCUT2D eigenvalue weighted by atomic mass is 32.1. The monoisotopic (exact) mass is 229 g/mol. The first-order valence-corrected chi connectivity index (χ1v) is 5.85. The Labute approximate surface area is 95.1 Å². The van der Waals surface area contributed by atoms with E-state index in [-0.39, 0.29) is 6.04 Å². The molecule has 2 N–H and O–H groups in total. The van der Waals surface area contributed by atoms with Crippen molar-refractivity contribution in [3.8, 4) is 0 Å². The van der Waals surface area contributed by atoms with Crippen LogP contribution in [0.25, 0.3) is 0 Å². The largest absolute Gasteiger partial charge is 0.383 e. The Morgan fingerprint density at radius 3 is 2.87 bits per heavy atom. The average molecular weight is 229 g/mol. The van der Waals surface area contributed by atoms with E-state index < -0.39 is 0 Å². The fourth-order valence-electron chi connectivity index (χ4n) is 1.40. The fraction of sp³-hybridized carbons (Fsp3) is 0.700. The lowest BCUT2D eigenvalue weighted by Gasteiger charge is -2.25. The predicted octanol–water partition coefficient (Wildman–Crippen LogP) is 0.857. The van der Waals surface area contributed by atoms with Gasteiger partial charge in [0, 0.05) is 31.1 Å². The van der Waals surface area contributed by atoms with Crippen LogP contribution >= 0.6 is 11.3 Å². The van der Waals surface area contributed by atoms with Crippen LogP contribution in [0.5, 0.6) is 0 Å². The Balaban J connectivity index is 2.53. The van der Waals surface area contributed by atoms with Gasteiger partial charge in [0.1, 0.15) is 0 Å². The summed E-state index contributed by atoms with van der Waals surface area (Å²) in [5.41, 5.74) is 8.69. The second-order valence-corrected chi connectivity index (χ2v) is 4.56. The lowest BCUT2D eigenvalue weighted by Crippen LogP contribution is -2.40. The highest BCUT2D eigenvalue weighted by Gasteiger charge is 2.14. The van der Waals surface area contributed by atoms with Crippen LogP contribution in [0.4, 0.5) is 0 Å². The summed E-state index contributed by atoms with van der Waals surface area (Å²) in [4.78, 5) is 7.74. The van der Waals surface area contributed by atoms with Crippen molar-refractivity contribution in [3.05, 3.63) is 16.1 Å². The van der Waals surface area contributed by atoms with Crippen molar-refractivity contribution in [2.75, 3.05) is 27.3 Å². The molecule has 0 saturated heterocycles.